The summed E-state index contributed by atoms with van der Waals surface area (Å²) in [5.74, 6) is 0. The molecule has 0 aromatic carbocycles. The lowest BCUT2D eigenvalue weighted by molar-refractivity contribution is -0.132. The lowest BCUT2D eigenvalue weighted by Crippen LogP contribution is -1.98. The monoisotopic (exact) mass is 190 g/mol. The van der Waals surface area contributed by atoms with Gasteiger partial charge in [0.1, 0.15) is 0 Å². The molecule has 0 atom stereocenters. The van der Waals surface area contributed by atoms with Crippen LogP contribution in [0.3, 0.4) is 0 Å². The average molecular weight is 190 g/mol. The van der Waals surface area contributed by atoms with E-state index in [2.05, 4.69) is 9.47 Å². The molecule has 0 aliphatic heterocycles. The minimum atomic E-state index is 0.0301. The SMILES string of the molecule is CC(C)OC=O.CCCCOC=O. The summed E-state index contributed by atoms with van der Waals surface area (Å²) in [6, 6.07) is 0. The molecule has 0 aromatic rings. The molecule has 0 saturated carbocycles. The molecular weight excluding hydrogens is 172 g/mol. The Labute approximate surface area is 79.2 Å². The minimum Gasteiger partial charge on any atom is -0.468 e. The minimum absolute atomic E-state index is 0.0301. The van der Waals surface area contributed by atoms with Crippen LogP contribution >= 0.6 is 0 Å². The molecule has 4 nitrogen and oxygen atoms in total. The molecule has 0 spiro atoms. The summed E-state index contributed by atoms with van der Waals surface area (Å²) in [4.78, 5) is 18.9. The van der Waals surface area contributed by atoms with Gasteiger partial charge in [-0.3, -0.25) is 9.59 Å². The number of hydrogen-bond donors (Lipinski definition) is 0. The highest BCUT2D eigenvalue weighted by molar-refractivity contribution is 5.37. The van der Waals surface area contributed by atoms with Gasteiger partial charge in [-0.25, -0.2) is 0 Å². The van der Waals surface area contributed by atoms with Crippen LogP contribution in [0.25, 0.3) is 0 Å². The van der Waals surface area contributed by atoms with E-state index in [1.807, 2.05) is 6.92 Å². The number of unbranched alkanes of at least 4 members (excludes halogenated alkanes) is 1. The molecule has 4 heteroatoms. The molecule has 0 fully saturated rings. The molecule has 0 aromatic heterocycles. The third kappa shape index (κ3) is 24.8. The summed E-state index contributed by atoms with van der Waals surface area (Å²) in [6.45, 7) is 7.15. The van der Waals surface area contributed by atoms with E-state index in [4.69, 9.17) is 0 Å². The van der Waals surface area contributed by atoms with Crippen molar-refractivity contribution in [3.8, 4) is 0 Å². The quantitative estimate of drug-likeness (QED) is 0.470. The van der Waals surface area contributed by atoms with E-state index in [0.717, 1.165) is 12.8 Å². The van der Waals surface area contributed by atoms with Crippen LogP contribution in [0, 0.1) is 0 Å². The average Bonchev–Trinajstić information content (AvgIpc) is 2.06. The van der Waals surface area contributed by atoms with Gasteiger partial charge in [0, 0.05) is 0 Å². The van der Waals surface area contributed by atoms with E-state index in [1.165, 1.54) is 0 Å². The molecule has 0 aliphatic rings. The molecule has 78 valence electrons. The number of carbonyl (C=O) groups excluding carboxylic acids is 2. The normalized spacial score (nSPS) is 8.31. The number of carbonyl (C=O) groups is 2. The second-order valence-electron chi connectivity index (χ2n) is 2.60. The summed E-state index contributed by atoms with van der Waals surface area (Å²) < 4.78 is 8.75. The number of rotatable bonds is 6. The Morgan fingerprint density at radius 2 is 1.85 bits per heavy atom. The van der Waals surface area contributed by atoms with Crippen molar-refractivity contribution in [3.05, 3.63) is 0 Å². The smallest absolute Gasteiger partial charge is 0.293 e. The van der Waals surface area contributed by atoms with Gasteiger partial charge in [0.05, 0.1) is 12.7 Å². The zero-order valence-electron chi connectivity index (χ0n) is 8.49. The fourth-order valence-corrected chi connectivity index (χ4v) is 0.387. The van der Waals surface area contributed by atoms with Crippen LogP contribution < -0.4 is 0 Å². The molecule has 0 saturated heterocycles. The lowest BCUT2D eigenvalue weighted by Gasteiger charge is -1.96. The van der Waals surface area contributed by atoms with E-state index in [-0.39, 0.29) is 6.10 Å². The maximum Gasteiger partial charge on any atom is 0.293 e. The van der Waals surface area contributed by atoms with Gasteiger partial charge in [0.25, 0.3) is 12.9 Å². The second kappa shape index (κ2) is 13.5. The molecule has 0 unspecified atom stereocenters. The van der Waals surface area contributed by atoms with Gasteiger partial charge in [-0.2, -0.15) is 0 Å². The van der Waals surface area contributed by atoms with Crippen LogP contribution in [0.2, 0.25) is 0 Å². The van der Waals surface area contributed by atoms with E-state index in [1.54, 1.807) is 13.8 Å². The first-order valence-electron chi connectivity index (χ1n) is 4.33. The first-order chi connectivity index (χ1) is 6.18. The molecule has 0 bridgehead atoms. The van der Waals surface area contributed by atoms with Crippen molar-refractivity contribution in [2.24, 2.45) is 0 Å². The van der Waals surface area contributed by atoms with Crippen LogP contribution in [0.5, 0.6) is 0 Å². The van der Waals surface area contributed by atoms with Gasteiger partial charge < -0.3 is 9.47 Å². The summed E-state index contributed by atoms with van der Waals surface area (Å²) in [5.41, 5.74) is 0. The van der Waals surface area contributed by atoms with Crippen molar-refractivity contribution in [1.82, 2.24) is 0 Å². The standard InChI is InChI=1S/C5H10O2.C4H8O2/c1-2-3-4-7-5-6;1-4(2)6-3-5/h5H,2-4H2,1H3;3-4H,1-2H3. The Balaban J connectivity index is 0. The molecule has 13 heavy (non-hydrogen) atoms. The molecule has 0 radical (unpaired) electrons. The summed E-state index contributed by atoms with van der Waals surface area (Å²) >= 11 is 0. The van der Waals surface area contributed by atoms with Crippen molar-refractivity contribution >= 4 is 12.9 Å². The topological polar surface area (TPSA) is 52.6 Å². The van der Waals surface area contributed by atoms with Gasteiger partial charge >= 0.3 is 0 Å². The third-order valence-electron chi connectivity index (χ3n) is 1.01. The van der Waals surface area contributed by atoms with Crippen molar-refractivity contribution < 1.29 is 19.1 Å². The fraction of sp³-hybridized carbons (Fsp3) is 0.778. The maximum atomic E-state index is 9.46. The van der Waals surface area contributed by atoms with Gasteiger partial charge in [0.2, 0.25) is 0 Å². The second-order valence-corrected chi connectivity index (χ2v) is 2.60. The van der Waals surface area contributed by atoms with Crippen LogP contribution in [0.15, 0.2) is 0 Å². The fourth-order valence-electron chi connectivity index (χ4n) is 0.387. The molecule has 0 N–H and O–H groups in total. The first kappa shape index (κ1) is 14.5. The van der Waals surface area contributed by atoms with Crippen LogP contribution in [-0.2, 0) is 19.1 Å². The van der Waals surface area contributed by atoms with Crippen molar-refractivity contribution in [1.29, 1.82) is 0 Å². The van der Waals surface area contributed by atoms with E-state index in [9.17, 15) is 9.59 Å². The molecular formula is C9H18O4. The molecule has 0 amide bonds. The summed E-state index contributed by atoms with van der Waals surface area (Å²) in [7, 11) is 0. The van der Waals surface area contributed by atoms with Gasteiger partial charge in [-0.15, -0.1) is 0 Å². The molecule has 0 aliphatic carbocycles. The lowest BCUT2D eigenvalue weighted by atomic mass is 10.4. The van der Waals surface area contributed by atoms with Crippen LogP contribution in [-0.4, -0.2) is 25.7 Å². The first-order valence-corrected chi connectivity index (χ1v) is 4.33. The Morgan fingerprint density at radius 1 is 1.23 bits per heavy atom. The van der Waals surface area contributed by atoms with E-state index < -0.39 is 0 Å². The summed E-state index contributed by atoms with van der Waals surface area (Å²) in [6.07, 6.45) is 2.08. The maximum absolute atomic E-state index is 9.46. The Hall–Kier alpha value is -1.06. The molecule has 0 heterocycles. The predicted molar refractivity (Wildman–Crippen MR) is 49.2 cm³/mol. The highest BCUT2D eigenvalue weighted by Gasteiger charge is 1.83. The van der Waals surface area contributed by atoms with Gasteiger partial charge in [-0.1, -0.05) is 13.3 Å². The highest BCUT2D eigenvalue weighted by atomic mass is 16.5. The zero-order chi connectivity index (χ0) is 10.5. The Kier molecular flexibility index (Phi) is 15.0. The zero-order valence-corrected chi connectivity index (χ0v) is 8.49. The largest absolute Gasteiger partial charge is 0.468 e. The van der Waals surface area contributed by atoms with Crippen molar-refractivity contribution in [3.63, 3.8) is 0 Å². The van der Waals surface area contributed by atoms with Crippen molar-refractivity contribution in [2.45, 2.75) is 39.7 Å². The molecule has 0 rings (SSSR count). The van der Waals surface area contributed by atoms with Crippen LogP contribution in [0.1, 0.15) is 33.6 Å². The van der Waals surface area contributed by atoms with E-state index >= 15 is 0 Å². The predicted octanol–water partition coefficient (Wildman–Crippen LogP) is 1.53. The summed E-state index contributed by atoms with van der Waals surface area (Å²) in [5, 5.41) is 0. The van der Waals surface area contributed by atoms with Crippen molar-refractivity contribution in [2.75, 3.05) is 6.61 Å². The van der Waals surface area contributed by atoms with Gasteiger partial charge in [-0.05, 0) is 20.3 Å². The van der Waals surface area contributed by atoms with Crippen LogP contribution in [0.4, 0.5) is 0 Å². The van der Waals surface area contributed by atoms with Gasteiger partial charge in [0.15, 0.2) is 0 Å². The third-order valence-corrected chi connectivity index (χ3v) is 1.01. The number of hydrogen-bond acceptors (Lipinski definition) is 4. The van der Waals surface area contributed by atoms with E-state index in [0.29, 0.717) is 19.6 Å². The highest BCUT2D eigenvalue weighted by Crippen LogP contribution is 1.83. The Morgan fingerprint density at radius 3 is 2.08 bits per heavy atom. The number of ether oxygens (including phenoxy) is 2. The Bertz CT molecular complexity index is 112.